The maximum atomic E-state index is 13.2. The van der Waals surface area contributed by atoms with Crippen molar-refractivity contribution in [2.45, 2.75) is 74.0 Å². The number of nitrogens with one attached hydrogen (secondary N) is 2. The van der Waals surface area contributed by atoms with E-state index < -0.39 is 29.2 Å². The zero-order valence-corrected chi connectivity index (χ0v) is 24.5. The van der Waals surface area contributed by atoms with Gasteiger partial charge in [-0.2, -0.15) is 0 Å². The number of hydrogen-bond donors (Lipinski definition) is 2. The number of halogens is 2. The first kappa shape index (κ1) is 32.4. The first-order valence-electron chi connectivity index (χ1n) is 10.7. The van der Waals surface area contributed by atoms with Gasteiger partial charge >= 0.3 is 12.2 Å². The van der Waals surface area contributed by atoms with Crippen LogP contribution in [0.15, 0.2) is 22.4 Å². The van der Waals surface area contributed by atoms with Gasteiger partial charge < -0.3 is 9.47 Å². The molecule has 3 aromatic rings. The molecule has 0 unspecified atom stereocenters. The minimum absolute atomic E-state index is 0. The van der Waals surface area contributed by atoms with E-state index in [9.17, 15) is 14.0 Å². The van der Waals surface area contributed by atoms with Crippen LogP contribution < -0.4 is 10.6 Å². The molecule has 37 heavy (non-hydrogen) atoms. The van der Waals surface area contributed by atoms with Crippen LogP contribution >= 0.6 is 38.6 Å². The van der Waals surface area contributed by atoms with E-state index in [4.69, 9.17) is 9.47 Å². The van der Waals surface area contributed by atoms with Crippen molar-refractivity contribution in [1.82, 2.24) is 15.0 Å². The Hall–Kier alpha value is -2.64. The van der Waals surface area contributed by atoms with Crippen molar-refractivity contribution in [3.8, 4) is 10.6 Å². The highest BCUT2D eigenvalue weighted by Gasteiger charge is 2.19. The fourth-order valence-corrected chi connectivity index (χ4v) is 4.80. The van der Waals surface area contributed by atoms with E-state index in [0.29, 0.717) is 26.3 Å². The standard InChI is InChI=1S/C14H16FN3O2S.C9H13BrN2O2S.CH4/c1-8-11(18-13(19)20-14(2,3)4)21-12(17-8)9-5-10(15)7-16-6-9;1-5-6(15-7(10)11-5)12-8(13)14-9(2,3)4;/h5-7H,1-4H3,(H,18,19);1-4H3,(H,12,13);1H4. The number of nitrogens with zero attached hydrogens (tertiary/aromatic N) is 3. The minimum Gasteiger partial charge on any atom is -0.444 e. The summed E-state index contributed by atoms with van der Waals surface area (Å²) in [6.07, 6.45) is 1.66. The van der Waals surface area contributed by atoms with Gasteiger partial charge in [0.2, 0.25) is 0 Å². The van der Waals surface area contributed by atoms with Gasteiger partial charge in [0.1, 0.15) is 32.0 Å². The number of ether oxygens (including phenoxy) is 2. The maximum Gasteiger partial charge on any atom is 0.412 e. The third-order valence-corrected chi connectivity index (χ3v) is 6.39. The molecule has 0 atom stereocenters. The number of amides is 2. The van der Waals surface area contributed by atoms with Gasteiger partial charge in [0.05, 0.1) is 17.6 Å². The zero-order valence-electron chi connectivity index (χ0n) is 21.3. The van der Waals surface area contributed by atoms with E-state index in [1.165, 1.54) is 34.9 Å². The van der Waals surface area contributed by atoms with Crippen LogP contribution in [0.25, 0.3) is 10.6 Å². The number of hydrogen-bond acceptors (Lipinski definition) is 9. The van der Waals surface area contributed by atoms with Crippen LogP contribution in [-0.4, -0.2) is 38.3 Å². The van der Waals surface area contributed by atoms with Crippen molar-refractivity contribution in [3.05, 3.63) is 39.6 Å². The summed E-state index contributed by atoms with van der Waals surface area (Å²) in [6, 6.07) is 1.35. The third kappa shape index (κ3) is 11.5. The monoisotopic (exact) mass is 617 g/mol. The van der Waals surface area contributed by atoms with E-state index >= 15 is 0 Å². The molecule has 2 N–H and O–H groups in total. The van der Waals surface area contributed by atoms with Crippen LogP contribution in [-0.2, 0) is 9.47 Å². The van der Waals surface area contributed by atoms with Crippen LogP contribution in [0, 0.1) is 19.7 Å². The number of anilines is 2. The van der Waals surface area contributed by atoms with E-state index in [1.807, 2.05) is 27.7 Å². The average Bonchev–Trinajstić information content (AvgIpc) is 3.20. The molecule has 0 bridgehead atoms. The number of carbonyl (C=O) groups is 2. The Morgan fingerprint density at radius 2 is 1.38 bits per heavy atom. The van der Waals surface area contributed by atoms with Gasteiger partial charge in [-0.15, -0.1) is 0 Å². The molecule has 204 valence electrons. The van der Waals surface area contributed by atoms with Gasteiger partial charge in [-0.1, -0.05) is 30.1 Å². The molecule has 0 aliphatic heterocycles. The topological polar surface area (TPSA) is 115 Å². The molecule has 0 aliphatic rings. The Bertz CT molecular complexity index is 1220. The third-order valence-electron chi connectivity index (χ3n) is 3.75. The molecule has 0 saturated heterocycles. The summed E-state index contributed by atoms with van der Waals surface area (Å²) in [4.78, 5) is 35.4. The predicted octanol–water partition coefficient (Wildman–Crippen LogP) is 8.20. The SMILES string of the molecule is C.Cc1nc(-c2cncc(F)c2)sc1NC(=O)OC(C)(C)C.Cc1nc(Br)sc1NC(=O)OC(C)(C)C. The molecule has 3 aromatic heterocycles. The molecule has 0 saturated carbocycles. The highest BCUT2D eigenvalue weighted by molar-refractivity contribution is 9.11. The van der Waals surface area contributed by atoms with E-state index in [0.717, 1.165) is 15.8 Å². The highest BCUT2D eigenvalue weighted by atomic mass is 79.9. The molecule has 2 amide bonds. The summed E-state index contributed by atoms with van der Waals surface area (Å²) in [5.74, 6) is -0.429. The quantitative estimate of drug-likeness (QED) is 0.304. The van der Waals surface area contributed by atoms with Gasteiger partial charge in [0.15, 0.2) is 3.92 Å². The molecule has 13 heteroatoms. The van der Waals surface area contributed by atoms with Crippen LogP contribution in [0.1, 0.15) is 60.4 Å². The molecule has 0 fully saturated rings. The normalized spacial score (nSPS) is 11.0. The number of thiazole rings is 2. The second-order valence-electron chi connectivity index (χ2n) is 9.46. The second kappa shape index (κ2) is 13.2. The summed E-state index contributed by atoms with van der Waals surface area (Å²) in [7, 11) is 0. The van der Waals surface area contributed by atoms with Gasteiger partial charge in [-0.25, -0.2) is 23.9 Å². The molecule has 3 rings (SSSR count). The van der Waals surface area contributed by atoms with E-state index in [-0.39, 0.29) is 7.43 Å². The van der Waals surface area contributed by atoms with Crippen molar-refractivity contribution >= 4 is 60.8 Å². The van der Waals surface area contributed by atoms with E-state index in [1.54, 1.807) is 27.7 Å². The Morgan fingerprint density at radius 3 is 1.81 bits per heavy atom. The molecular weight excluding hydrogens is 585 g/mol. The van der Waals surface area contributed by atoms with Crippen LogP contribution in [0.5, 0.6) is 0 Å². The fraction of sp³-hybridized carbons (Fsp3) is 0.458. The summed E-state index contributed by atoms with van der Waals surface area (Å²) >= 11 is 5.86. The number of aromatic nitrogens is 3. The van der Waals surface area contributed by atoms with Crippen LogP contribution in [0.2, 0.25) is 0 Å². The summed E-state index contributed by atoms with van der Waals surface area (Å²) in [5.41, 5.74) is 0.931. The number of rotatable bonds is 3. The van der Waals surface area contributed by atoms with E-state index in [2.05, 4.69) is 41.5 Å². The first-order valence-corrected chi connectivity index (χ1v) is 13.2. The lowest BCUT2D eigenvalue weighted by molar-refractivity contribution is 0.0625. The Kier molecular flexibility index (Phi) is 11.6. The Morgan fingerprint density at radius 1 is 0.892 bits per heavy atom. The molecule has 0 aromatic carbocycles. The molecule has 9 nitrogen and oxygen atoms in total. The Labute approximate surface area is 233 Å². The van der Waals surface area contributed by atoms with Crippen LogP contribution in [0.4, 0.5) is 24.0 Å². The lowest BCUT2D eigenvalue weighted by atomic mass is 10.2. The summed E-state index contributed by atoms with van der Waals surface area (Å²) < 4.78 is 24.2. The molecule has 3 heterocycles. The smallest absolute Gasteiger partial charge is 0.412 e. The zero-order chi connectivity index (χ0) is 27.3. The van der Waals surface area contributed by atoms with Gasteiger partial charge in [0, 0.05) is 11.8 Å². The Balaban J connectivity index is 0.000000381. The average molecular weight is 619 g/mol. The van der Waals surface area contributed by atoms with Crippen molar-refractivity contribution < 1.29 is 23.5 Å². The van der Waals surface area contributed by atoms with Gasteiger partial charge in [-0.3, -0.25) is 15.6 Å². The maximum absolute atomic E-state index is 13.2. The van der Waals surface area contributed by atoms with Crippen LogP contribution in [0.3, 0.4) is 0 Å². The van der Waals surface area contributed by atoms with Crippen molar-refractivity contribution in [1.29, 1.82) is 0 Å². The van der Waals surface area contributed by atoms with Gasteiger partial charge in [-0.05, 0) is 77.4 Å². The number of pyridine rings is 1. The second-order valence-corrected chi connectivity index (χ2v) is 12.7. The number of aryl methyl sites for hydroxylation is 2. The minimum atomic E-state index is -0.571. The molecule has 0 aliphatic carbocycles. The summed E-state index contributed by atoms with van der Waals surface area (Å²) in [5, 5.41) is 7.17. The fourth-order valence-electron chi connectivity index (χ4n) is 2.44. The first-order chi connectivity index (χ1) is 16.5. The lowest BCUT2D eigenvalue weighted by Crippen LogP contribution is -2.27. The molecular formula is C24H33BrFN5O4S2. The predicted molar refractivity (Wildman–Crippen MR) is 151 cm³/mol. The van der Waals surface area contributed by atoms with Gasteiger partial charge in [0.25, 0.3) is 0 Å². The highest BCUT2D eigenvalue weighted by Crippen LogP contribution is 2.32. The van der Waals surface area contributed by atoms with Crippen molar-refractivity contribution in [3.63, 3.8) is 0 Å². The van der Waals surface area contributed by atoms with Crippen molar-refractivity contribution in [2.75, 3.05) is 10.6 Å². The lowest BCUT2D eigenvalue weighted by Gasteiger charge is -2.19. The summed E-state index contributed by atoms with van der Waals surface area (Å²) in [6.45, 7) is 14.4. The molecule has 0 spiro atoms. The molecule has 0 radical (unpaired) electrons. The largest absolute Gasteiger partial charge is 0.444 e. The number of carbonyl (C=O) groups excluding carboxylic acids is 2. The van der Waals surface area contributed by atoms with Crippen molar-refractivity contribution in [2.24, 2.45) is 0 Å².